The number of likely N-dealkylation sites (tertiary alicyclic amines) is 1. The fraction of sp³-hybridized carbons (Fsp3) is 0.720. The predicted molar refractivity (Wildman–Crippen MR) is 117 cm³/mol. The van der Waals surface area contributed by atoms with Gasteiger partial charge in [0.05, 0.1) is 6.04 Å². The Balaban J connectivity index is 1.84. The first-order valence-electron chi connectivity index (χ1n) is 11.3. The maximum atomic E-state index is 14.3. The van der Waals surface area contributed by atoms with Gasteiger partial charge in [0.2, 0.25) is 5.91 Å². The van der Waals surface area contributed by atoms with E-state index in [0.717, 1.165) is 50.9 Å². The highest BCUT2D eigenvalue weighted by Crippen LogP contribution is 2.50. The Morgan fingerprint density at radius 3 is 2.45 bits per heavy atom. The third-order valence-electron chi connectivity index (χ3n) is 7.09. The molecular weight excluding hydrogens is 363 g/mol. The second-order valence-corrected chi connectivity index (χ2v) is 10.7. The molecule has 4 heteroatoms. The molecule has 0 unspecified atom stereocenters. The first-order chi connectivity index (χ1) is 13.5. The molecule has 162 valence electrons. The van der Waals surface area contributed by atoms with Crippen LogP contribution in [0.5, 0.6) is 0 Å². The van der Waals surface area contributed by atoms with Crippen LogP contribution < -0.4 is 0 Å². The summed E-state index contributed by atoms with van der Waals surface area (Å²) in [6, 6.07) is 5.49. The van der Waals surface area contributed by atoms with Gasteiger partial charge in [-0.3, -0.25) is 4.79 Å². The van der Waals surface area contributed by atoms with E-state index < -0.39 is 0 Å². The van der Waals surface area contributed by atoms with Crippen molar-refractivity contribution in [3.05, 3.63) is 35.1 Å². The Bertz CT molecular complexity index is 729. The Morgan fingerprint density at radius 1 is 1.24 bits per heavy atom. The summed E-state index contributed by atoms with van der Waals surface area (Å²) in [7, 11) is 0. The number of hydrogen-bond donors (Lipinski definition) is 0. The number of carbonyl (C=O) groups is 1. The highest BCUT2D eigenvalue weighted by atomic mass is 19.1. The molecule has 1 fully saturated rings. The minimum absolute atomic E-state index is 0.0611. The minimum Gasteiger partial charge on any atom is -0.333 e. The molecule has 3 rings (SSSR count). The summed E-state index contributed by atoms with van der Waals surface area (Å²) in [6.07, 6.45) is 5.38. The number of halogens is 1. The van der Waals surface area contributed by atoms with Crippen LogP contribution in [0.1, 0.15) is 90.8 Å². The summed E-state index contributed by atoms with van der Waals surface area (Å²) < 4.78 is 14.3. The van der Waals surface area contributed by atoms with Crippen molar-refractivity contribution in [3.63, 3.8) is 0 Å². The Kier molecular flexibility index (Phi) is 6.43. The average Bonchev–Trinajstić information content (AvgIpc) is 2.62. The van der Waals surface area contributed by atoms with Gasteiger partial charge in [-0.15, -0.1) is 0 Å². The van der Waals surface area contributed by atoms with Crippen molar-refractivity contribution in [2.75, 3.05) is 19.6 Å². The quantitative estimate of drug-likeness (QED) is 0.646. The number of carbonyl (C=O) groups excluding carboxylic acids is 1. The van der Waals surface area contributed by atoms with Crippen molar-refractivity contribution in [2.24, 2.45) is 5.41 Å². The van der Waals surface area contributed by atoms with Crippen LogP contribution in [0, 0.1) is 11.2 Å². The molecule has 1 aliphatic carbocycles. The number of amides is 1. The molecule has 0 radical (unpaired) electrons. The Labute approximate surface area is 176 Å². The first-order valence-corrected chi connectivity index (χ1v) is 11.3. The van der Waals surface area contributed by atoms with Crippen LogP contribution in [0.25, 0.3) is 0 Å². The lowest BCUT2D eigenvalue weighted by molar-refractivity contribution is -0.133. The van der Waals surface area contributed by atoms with Crippen molar-refractivity contribution in [1.29, 1.82) is 0 Å². The number of benzene rings is 1. The highest BCUT2D eigenvalue weighted by molar-refractivity contribution is 5.74. The summed E-state index contributed by atoms with van der Waals surface area (Å²) in [6.45, 7) is 16.0. The van der Waals surface area contributed by atoms with Gasteiger partial charge >= 0.3 is 0 Å². The van der Waals surface area contributed by atoms with Gasteiger partial charge in [0, 0.05) is 13.0 Å². The van der Waals surface area contributed by atoms with Gasteiger partial charge in [-0.25, -0.2) is 4.39 Å². The van der Waals surface area contributed by atoms with Gasteiger partial charge < -0.3 is 9.80 Å². The SMILES string of the molecule is CC(=O)N(C(C)C)[C@H]1CCC2(CCN(CCC(C)(C)C)CC2)c2cc(F)ccc21. The van der Waals surface area contributed by atoms with E-state index >= 15 is 0 Å². The molecule has 1 saturated heterocycles. The highest BCUT2D eigenvalue weighted by Gasteiger charge is 2.44. The van der Waals surface area contributed by atoms with Gasteiger partial charge in [-0.05, 0) is 99.7 Å². The largest absolute Gasteiger partial charge is 0.333 e. The van der Waals surface area contributed by atoms with Crippen LogP contribution in [0.2, 0.25) is 0 Å². The summed E-state index contributed by atoms with van der Waals surface area (Å²) in [4.78, 5) is 16.9. The number of fused-ring (bicyclic) bond motifs is 2. The van der Waals surface area contributed by atoms with Crippen LogP contribution in [0.15, 0.2) is 18.2 Å². The summed E-state index contributed by atoms with van der Waals surface area (Å²) in [5.74, 6) is -0.0499. The molecule has 0 N–H and O–H groups in total. The first kappa shape index (κ1) is 22.3. The molecule has 29 heavy (non-hydrogen) atoms. The third kappa shape index (κ3) is 4.84. The van der Waals surface area contributed by atoms with E-state index in [2.05, 4.69) is 39.5 Å². The standard InChI is InChI=1S/C25H39FN2O/c1-18(2)28(19(3)29)23-9-10-25(22-17-20(26)7-8-21(22)23)12-15-27(16-13-25)14-11-24(4,5)6/h7-8,17-18,23H,9-16H2,1-6H3/t23-/m0/s1. The lowest BCUT2D eigenvalue weighted by atomic mass is 9.63. The normalized spacial score (nSPS) is 22.0. The number of rotatable bonds is 4. The van der Waals surface area contributed by atoms with Crippen molar-refractivity contribution in [3.8, 4) is 0 Å². The second kappa shape index (κ2) is 8.37. The van der Waals surface area contributed by atoms with E-state index in [1.54, 1.807) is 19.1 Å². The summed E-state index contributed by atoms with van der Waals surface area (Å²) in [5, 5.41) is 0. The Hall–Kier alpha value is -1.42. The zero-order chi connectivity index (χ0) is 21.4. The summed E-state index contributed by atoms with van der Waals surface area (Å²) >= 11 is 0. The molecule has 0 aromatic heterocycles. The van der Waals surface area contributed by atoms with Crippen LogP contribution in [0.3, 0.4) is 0 Å². The van der Waals surface area contributed by atoms with Crippen molar-refractivity contribution in [1.82, 2.24) is 9.80 Å². The fourth-order valence-corrected chi connectivity index (χ4v) is 5.43. The van der Waals surface area contributed by atoms with E-state index in [1.165, 1.54) is 12.0 Å². The number of piperidine rings is 1. The van der Waals surface area contributed by atoms with Crippen LogP contribution in [0.4, 0.5) is 4.39 Å². The van der Waals surface area contributed by atoms with E-state index in [9.17, 15) is 9.18 Å². The van der Waals surface area contributed by atoms with Gasteiger partial charge in [0.1, 0.15) is 5.82 Å². The second-order valence-electron chi connectivity index (χ2n) is 10.7. The molecule has 1 atom stereocenters. The van der Waals surface area contributed by atoms with E-state index in [1.807, 2.05) is 11.0 Å². The number of nitrogens with zero attached hydrogens (tertiary/aromatic N) is 2. The average molecular weight is 403 g/mol. The molecule has 1 aromatic rings. The van der Waals surface area contributed by atoms with Crippen LogP contribution in [-0.2, 0) is 10.2 Å². The molecule has 2 aliphatic rings. The lowest BCUT2D eigenvalue weighted by Crippen LogP contribution is -2.48. The van der Waals surface area contributed by atoms with E-state index in [-0.39, 0.29) is 29.2 Å². The van der Waals surface area contributed by atoms with Crippen molar-refractivity contribution < 1.29 is 9.18 Å². The molecular formula is C25H39FN2O. The molecule has 1 aliphatic heterocycles. The molecule has 0 bridgehead atoms. The molecule has 0 saturated carbocycles. The Morgan fingerprint density at radius 2 is 1.90 bits per heavy atom. The zero-order valence-electron chi connectivity index (χ0n) is 19.2. The predicted octanol–water partition coefficient (Wildman–Crippen LogP) is 5.69. The maximum Gasteiger partial charge on any atom is 0.220 e. The van der Waals surface area contributed by atoms with Crippen molar-refractivity contribution in [2.45, 2.75) is 91.1 Å². The van der Waals surface area contributed by atoms with E-state index in [4.69, 9.17) is 0 Å². The third-order valence-corrected chi connectivity index (χ3v) is 7.09. The smallest absolute Gasteiger partial charge is 0.220 e. The lowest BCUT2D eigenvalue weighted by Gasteiger charge is -2.49. The van der Waals surface area contributed by atoms with Crippen LogP contribution in [-0.4, -0.2) is 41.4 Å². The monoisotopic (exact) mass is 402 g/mol. The molecule has 1 spiro atoms. The van der Waals surface area contributed by atoms with Gasteiger partial charge in [0.15, 0.2) is 0 Å². The molecule has 1 heterocycles. The van der Waals surface area contributed by atoms with Gasteiger partial charge in [-0.2, -0.15) is 0 Å². The summed E-state index contributed by atoms with van der Waals surface area (Å²) in [5.41, 5.74) is 2.75. The molecule has 1 aromatic carbocycles. The van der Waals surface area contributed by atoms with Crippen molar-refractivity contribution >= 4 is 5.91 Å². The zero-order valence-corrected chi connectivity index (χ0v) is 19.2. The number of hydrogen-bond acceptors (Lipinski definition) is 2. The van der Waals surface area contributed by atoms with Gasteiger partial charge in [0.25, 0.3) is 0 Å². The topological polar surface area (TPSA) is 23.6 Å². The fourth-order valence-electron chi connectivity index (χ4n) is 5.43. The molecule has 3 nitrogen and oxygen atoms in total. The van der Waals surface area contributed by atoms with Crippen LogP contribution >= 0.6 is 0 Å². The van der Waals surface area contributed by atoms with Gasteiger partial charge in [-0.1, -0.05) is 26.8 Å². The van der Waals surface area contributed by atoms with E-state index in [0.29, 0.717) is 5.41 Å². The molecule has 1 amide bonds. The minimum atomic E-state index is -0.155. The maximum absolute atomic E-state index is 14.3.